The van der Waals surface area contributed by atoms with E-state index in [0.29, 0.717) is 0 Å². The van der Waals surface area contributed by atoms with Crippen LogP contribution in [-0.2, 0) is 32.7 Å². The molecule has 0 saturated heterocycles. The van der Waals surface area contributed by atoms with Crippen molar-refractivity contribution < 1.29 is 0 Å². The van der Waals surface area contributed by atoms with E-state index in [0.717, 1.165) is 69.3 Å². The molecule has 6 heteroatoms. The molecule has 0 unspecified atom stereocenters. The number of hydrogen-bond donors (Lipinski definition) is 2. The van der Waals surface area contributed by atoms with Crippen molar-refractivity contribution in [1.82, 2.24) is 25.1 Å². The molecule has 0 aromatic carbocycles. The van der Waals surface area contributed by atoms with Crippen LogP contribution in [0.15, 0.2) is 12.4 Å². The van der Waals surface area contributed by atoms with Crippen molar-refractivity contribution in [3.63, 3.8) is 0 Å². The Hall–Kier alpha value is -1.95. The van der Waals surface area contributed by atoms with E-state index in [-0.39, 0.29) is 0 Å². The smallest absolute Gasteiger partial charge is 0.133 e. The highest BCUT2D eigenvalue weighted by Crippen LogP contribution is 2.32. The summed E-state index contributed by atoms with van der Waals surface area (Å²) in [5, 5.41) is 11.3. The molecular formula is C19H28N6. The Kier molecular flexibility index (Phi) is 4.97. The van der Waals surface area contributed by atoms with Gasteiger partial charge in [0.2, 0.25) is 0 Å². The zero-order valence-corrected chi connectivity index (χ0v) is 15.1. The van der Waals surface area contributed by atoms with Gasteiger partial charge in [-0.05, 0) is 50.1 Å². The summed E-state index contributed by atoms with van der Waals surface area (Å²) < 4.78 is 1.87. The topological polar surface area (TPSA) is 67.7 Å². The zero-order valence-electron chi connectivity index (χ0n) is 15.1. The number of hydrogen-bond acceptors (Lipinski definition) is 5. The van der Waals surface area contributed by atoms with Gasteiger partial charge < -0.3 is 10.6 Å². The third-order valence-corrected chi connectivity index (χ3v) is 5.09. The Bertz CT molecular complexity index is 719. The van der Waals surface area contributed by atoms with Gasteiger partial charge in [-0.1, -0.05) is 0 Å². The first-order chi connectivity index (χ1) is 12.3. The molecule has 2 aromatic heterocycles. The Morgan fingerprint density at radius 2 is 2.12 bits per heavy atom. The summed E-state index contributed by atoms with van der Waals surface area (Å²) in [6.45, 7) is 2.98. The van der Waals surface area contributed by atoms with E-state index < -0.39 is 0 Å². The summed E-state index contributed by atoms with van der Waals surface area (Å²) in [6, 6.07) is 0. The lowest BCUT2D eigenvalue weighted by Gasteiger charge is -2.14. The van der Waals surface area contributed by atoms with E-state index in [1.165, 1.54) is 29.7 Å². The van der Waals surface area contributed by atoms with Gasteiger partial charge in [0.05, 0.1) is 11.9 Å². The fraction of sp³-hybridized carbons (Fsp3) is 0.632. The average molecular weight is 340 g/mol. The second kappa shape index (κ2) is 7.52. The van der Waals surface area contributed by atoms with Crippen LogP contribution in [-0.4, -0.2) is 39.4 Å². The van der Waals surface area contributed by atoms with E-state index >= 15 is 0 Å². The average Bonchev–Trinajstić information content (AvgIpc) is 3.36. The Morgan fingerprint density at radius 3 is 2.92 bits per heavy atom. The van der Waals surface area contributed by atoms with Gasteiger partial charge in [-0.25, -0.2) is 9.97 Å². The highest BCUT2D eigenvalue weighted by molar-refractivity contribution is 5.47. The molecule has 1 aliphatic heterocycles. The Labute approximate surface area is 149 Å². The maximum Gasteiger partial charge on any atom is 0.133 e. The second-order valence-corrected chi connectivity index (χ2v) is 7.36. The molecular weight excluding hydrogens is 312 g/mol. The predicted molar refractivity (Wildman–Crippen MR) is 98.8 cm³/mol. The molecule has 2 N–H and O–H groups in total. The third kappa shape index (κ3) is 4.37. The standard InChI is InChI=1S/C19H28N6/c1-25-13-15(12-22-25)3-2-8-21-19-16-6-9-20-10-7-17(16)23-18(24-19)11-14-4-5-14/h12-14,20H,2-11H2,1H3,(H,21,23,24). The quantitative estimate of drug-likeness (QED) is 0.754. The van der Waals surface area contributed by atoms with E-state index in [1.54, 1.807) is 0 Å². The minimum absolute atomic E-state index is 0.820. The first-order valence-corrected chi connectivity index (χ1v) is 9.59. The SMILES string of the molecule is Cn1cc(CCCNc2nc(CC3CC3)nc3c2CCNCC3)cn1. The summed E-state index contributed by atoms with van der Waals surface area (Å²) in [5.74, 6) is 2.94. The van der Waals surface area contributed by atoms with Crippen LogP contribution in [0.5, 0.6) is 0 Å². The fourth-order valence-electron chi connectivity index (χ4n) is 3.51. The maximum atomic E-state index is 4.89. The summed E-state index contributed by atoms with van der Waals surface area (Å²) in [5.41, 5.74) is 3.88. The van der Waals surface area contributed by atoms with E-state index in [2.05, 4.69) is 21.9 Å². The highest BCUT2D eigenvalue weighted by atomic mass is 15.2. The summed E-state index contributed by atoms with van der Waals surface area (Å²) in [4.78, 5) is 9.78. The van der Waals surface area contributed by atoms with Gasteiger partial charge in [-0.15, -0.1) is 0 Å². The van der Waals surface area contributed by atoms with Crippen molar-refractivity contribution in [2.24, 2.45) is 13.0 Å². The van der Waals surface area contributed by atoms with E-state index in [1.807, 2.05) is 17.9 Å². The van der Waals surface area contributed by atoms with Gasteiger partial charge in [0.25, 0.3) is 0 Å². The number of nitrogens with zero attached hydrogens (tertiary/aromatic N) is 4. The molecule has 1 saturated carbocycles. The van der Waals surface area contributed by atoms with Crippen LogP contribution in [0.4, 0.5) is 5.82 Å². The van der Waals surface area contributed by atoms with Crippen LogP contribution in [0.3, 0.4) is 0 Å². The largest absolute Gasteiger partial charge is 0.370 e. The Balaban J connectivity index is 1.42. The Morgan fingerprint density at radius 1 is 1.24 bits per heavy atom. The lowest BCUT2D eigenvalue weighted by molar-refractivity contribution is 0.706. The zero-order chi connectivity index (χ0) is 17.1. The lowest BCUT2D eigenvalue weighted by Crippen LogP contribution is -2.16. The molecule has 25 heavy (non-hydrogen) atoms. The van der Waals surface area contributed by atoms with Crippen molar-refractivity contribution in [2.45, 2.75) is 44.9 Å². The summed E-state index contributed by atoms with van der Waals surface area (Å²) >= 11 is 0. The van der Waals surface area contributed by atoms with Crippen LogP contribution < -0.4 is 10.6 Å². The monoisotopic (exact) mass is 340 g/mol. The molecule has 0 bridgehead atoms. The predicted octanol–water partition coefficient (Wildman–Crippen LogP) is 1.90. The molecule has 134 valence electrons. The van der Waals surface area contributed by atoms with Crippen molar-refractivity contribution in [1.29, 1.82) is 0 Å². The van der Waals surface area contributed by atoms with Gasteiger partial charge in [0.15, 0.2) is 0 Å². The number of aryl methyl sites for hydroxylation is 2. The summed E-state index contributed by atoms with van der Waals surface area (Å²) in [6.07, 6.45) is 11.9. The van der Waals surface area contributed by atoms with Crippen molar-refractivity contribution >= 4 is 5.82 Å². The lowest BCUT2D eigenvalue weighted by atomic mass is 10.1. The first-order valence-electron chi connectivity index (χ1n) is 9.59. The number of anilines is 1. The van der Waals surface area contributed by atoms with Gasteiger partial charge in [-0.2, -0.15) is 5.10 Å². The first kappa shape index (κ1) is 16.5. The molecule has 1 fully saturated rings. The van der Waals surface area contributed by atoms with Crippen LogP contribution in [0.25, 0.3) is 0 Å². The minimum atomic E-state index is 0.820. The molecule has 3 heterocycles. The van der Waals surface area contributed by atoms with Gasteiger partial charge in [0.1, 0.15) is 11.6 Å². The number of rotatable bonds is 7. The number of nitrogens with one attached hydrogen (secondary N) is 2. The van der Waals surface area contributed by atoms with Crippen LogP contribution in [0.2, 0.25) is 0 Å². The van der Waals surface area contributed by atoms with Crippen molar-refractivity contribution in [2.75, 3.05) is 25.0 Å². The molecule has 0 spiro atoms. The van der Waals surface area contributed by atoms with E-state index in [9.17, 15) is 0 Å². The third-order valence-electron chi connectivity index (χ3n) is 5.09. The highest BCUT2D eigenvalue weighted by Gasteiger charge is 2.24. The van der Waals surface area contributed by atoms with Crippen molar-refractivity contribution in [3.8, 4) is 0 Å². The van der Waals surface area contributed by atoms with Gasteiger partial charge >= 0.3 is 0 Å². The molecule has 0 atom stereocenters. The number of fused-ring (bicyclic) bond motifs is 1. The molecule has 2 aromatic rings. The van der Waals surface area contributed by atoms with E-state index in [4.69, 9.17) is 9.97 Å². The number of aromatic nitrogens is 4. The minimum Gasteiger partial charge on any atom is -0.370 e. The van der Waals surface area contributed by atoms with Crippen molar-refractivity contribution in [3.05, 3.63) is 35.0 Å². The van der Waals surface area contributed by atoms with Crippen LogP contribution in [0, 0.1) is 5.92 Å². The normalized spacial score (nSPS) is 17.2. The molecule has 6 nitrogen and oxygen atoms in total. The summed E-state index contributed by atoms with van der Waals surface area (Å²) in [7, 11) is 1.97. The van der Waals surface area contributed by atoms with Crippen LogP contribution in [0.1, 0.15) is 41.9 Å². The molecule has 2 aliphatic rings. The van der Waals surface area contributed by atoms with Gasteiger partial charge in [0, 0.05) is 44.7 Å². The maximum absolute atomic E-state index is 4.89. The van der Waals surface area contributed by atoms with Gasteiger partial charge in [-0.3, -0.25) is 4.68 Å². The molecule has 1 aliphatic carbocycles. The molecule has 0 radical (unpaired) electrons. The molecule has 0 amide bonds. The second-order valence-electron chi connectivity index (χ2n) is 7.36. The molecule has 4 rings (SSSR count). The fourth-order valence-corrected chi connectivity index (χ4v) is 3.51. The van der Waals surface area contributed by atoms with Crippen LogP contribution >= 0.6 is 0 Å².